The third-order valence-corrected chi connectivity index (χ3v) is 3.17. The summed E-state index contributed by atoms with van der Waals surface area (Å²) in [7, 11) is 0. The molecule has 1 fully saturated rings. The molecule has 3 nitrogen and oxygen atoms in total. The van der Waals surface area contributed by atoms with Crippen LogP contribution in [0.15, 0.2) is 0 Å². The second-order valence-corrected chi connectivity index (χ2v) is 5.22. The molecule has 2 atom stereocenters. The lowest BCUT2D eigenvalue weighted by Crippen LogP contribution is -2.54. The molecule has 82 valence electrons. The highest BCUT2D eigenvalue weighted by Gasteiger charge is 2.32. The van der Waals surface area contributed by atoms with Gasteiger partial charge in [-0.25, -0.2) is 0 Å². The Labute approximate surface area is 86.6 Å². The minimum absolute atomic E-state index is 0.0799. The first kappa shape index (κ1) is 11.5. The molecule has 14 heavy (non-hydrogen) atoms. The molecule has 1 amide bonds. The van der Waals surface area contributed by atoms with E-state index in [2.05, 4.69) is 13.8 Å². The molecule has 0 aromatic rings. The van der Waals surface area contributed by atoms with E-state index in [0.717, 1.165) is 25.4 Å². The summed E-state index contributed by atoms with van der Waals surface area (Å²) < 4.78 is 0. The van der Waals surface area contributed by atoms with Crippen molar-refractivity contribution in [3.8, 4) is 0 Å². The average molecular weight is 198 g/mol. The van der Waals surface area contributed by atoms with Gasteiger partial charge in [0.1, 0.15) is 0 Å². The Bertz CT molecular complexity index is 220. The molecule has 0 radical (unpaired) electrons. The van der Waals surface area contributed by atoms with Crippen LogP contribution in [0.3, 0.4) is 0 Å². The summed E-state index contributed by atoms with van der Waals surface area (Å²) in [6.07, 6.45) is 1.10. The molecule has 2 N–H and O–H groups in total. The van der Waals surface area contributed by atoms with Crippen molar-refractivity contribution >= 4 is 5.91 Å². The second-order valence-electron chi connectivity index (χ2n) is 5.22. The maximum absolute atomic E-state index is 11.9. The Balaban J connectivity index is 2.59. The number of nitrogens with two attached hydrogens (primary N) is 1. The van der Waals surface area contributed by atoms with Crippen LogP contribution in [-0.4, -0.2) is 29.4 Å². The third kappa shape index (κ3) is 2.47. The average Bonchev–Trinajstić information content (AvgIpc) is 2.07. The Morgan fingerprint density at radius 2 is 1.93 bits per heavy atom. The van der Waals surface area contributed by atoms with Crippen LogP contribution in [0.4, 0.5) is 0 Å². The molecular weight excluding hydrogens is 176 g/mol. The van der Waals surface area contributed by atoms with Crippen molar-refractivity contribution < 1.29 is 4.79 Å². The van der Waals surface area contributed by atoms with Crippen LogP contribution in [0.25, 0.3) is 0 Å². The summed E-state index contributed by atoms with van der Waals surface area (Å²) in [5.74, 6) is 1.39. The van der Waals surface area contributed by atoms with E-state index in [9.17, 15) is 4.79 Å². The molecule has 0 spiro atoms. The van der Waals surface area contributed by atoms with Crippen LogP contribution >= 0.6 is 0 Å². The topological polar surface area (TPSA) is 46.3 Å². The van der Waals surface area contributed by atoms with Crippen LogP contribution in [0.5, 0.6) is 0 Å². The maximum atomic E-state index is 11.9. The van der Waals surface area contributed by atoms with Crippen molar-refractivity contribution in [2.24, 2.45) is 17.6 Å². The monoisotopic (exact) mass is 198 g/mol. The van der Waals surface area contributed by atoms with Gasteiger partial charge in [0.05, 0.1) is 5.54 Å². The maximum Gasteiger partial charge on any atom is 0.242 e. The van der Waals surface area contributed by atoms with E-state index in [0.29, 0.717) is 5.92 Å². The fourth-order valence-electron chi connectivity index (χ4n) is 1.85. The van der Waals surface area contributed by atoms with Crippen LogP contribution in [0.2, 0.25) is 0 Å². The number of hydrogen-bond donors (Lipinski definition) is 1. The van der Waals surface area contributed by atoms with Crippen molar-refractivity contribution in [2.75, 3.05) is 13.1 Å². The molecule has 1 rings (SSSR count). The molecular formula is C11H22N2O. The molecule has 0 aromatic heterocycles. The lowest BCUT2D eigenvalue weighted by Gasteiger charge is -2.38. The number of likely N-dealkylation sites (tertiary alicyclic amines) is 1. The number of carbonyl (C=O) groups excluding carboxylic acids is 1. The fourth-order valence-corrected chi connectivity index (χ4v) is 1.85. The van der Waals surface area contributed by atoms with Crippen molar-refractivity contribution in [3.63, 3.8) is 0 Å². The Hall–Kier alpha value is -0.570. The van der Waals surface area contributed by atoms with Crippen molar-refractivity contribution in [3.05, 3.63) is 0 Å². The summed E-state index contributed by atoms with van der Waals surface area (Å²) in [5, 5.41) is 0. The van der Waals surface area contributed by atoms with Gasteiger partial charge in [-0.2, -0.15) is 0 Å². The standard InChI is InChI=1S/C11H22N2O/c1-8-5-6-13(7-9(8)2)10(14)11(3,4)12/h8-9H,5-7,12H2,1-4H3. The van der Waals surface area contributed by atoms with E-state index >= 15 is 0 Å². The number of piperidine rings is 1. The van der Waals surface area contributed by atoms with Crippen LogP contribution in [-0.2, 0) is 4.79 Å². The first-order chi connectivity index (χ1) is 6.32. The molecule has 1 saturated heterocycles. The van der Waals surface area contributed by atoms with E-state index in [1.54, 1.807) is 13.8 Å². The first-order valence-electron chi connectivity index (χ1n) is 5.40. The van der Waals surface area contributed by atoms with Crippen molar-refractivity contribution in [1.29, 1.82) is 0 Å². The summed E-state index contributed by atoms with van der Waals surface area (Å²) in [6, 6.07) is 0. The van der Waals surface area contributed by atoms with Gasteiger partial charge in [0.25, 0.3) is 0 Å². The normalized spacial score (nSPS) is 29.1. The largest absolute Gasteiger partial charge is 0.341 e. The number of nitrogens with zero attached hydrogens (tertiary/aromatic N) is 1. The molecule has 2 unspecified atom stereocenters. The fraction of sp³-hybridized carbons (Fsp3) is 0.909. The predicted molar refractivity (Wildman–Crippen MR) is 57.8 cm³/mol. The minimum Gasteiger partial charge on any atom is -0.341 e. The predicted octanol–water partition coefficient (Wildman–Crippen LogP) is 1.23. The number of carbonyl (C=O) groups is 1. The van der Waals surface area contributed by atoms with Gasteiger partial charge >= 0.3 is 0 Å². The Morgan fingerprint density at radius 3 is 2.36 bits per heavy atom. The summed E-state index contributed by atoms with van der Waals surface area (Å²) in [4.78, 5) is 13.8. The highest BCUT2D eigenvalue weighted by atomic mass is 16.2. The van der Waals surface area contributed by atoms with E-state index in [-0.39, 0.29) is 5.91 Å². The van der Waals surface area contributed by atoms with Gasteiger partial charge in [-0.3, -0.25) is 4.79 Å². The quantitative estimate of drug-likeness (QED) is 0.689. The second kappa shape index (κ2) is 3.89. The van der Waals surface area contributed by atoms with Gasteiger partial charge < -0.3 is 10.6 Å². The van der Waals surface area contributed by atoms with Crippen LogP contribution in [0.1, 0.15) is 34.1 Å². The molecule has 1 aliphatic rings. The van der Waals surface area contributed by atoms with Crippen LogP contribution < -0.4 is 5.73 Å². The molecule has 0 saturated carbocycles. The molecule has 1 heterocycles. The lowest BCUT2D eigenvalue weighted by molar-refractivity contribution is -0.138. The first-order valence-corrected chi connectivity index (χ1v) is 5.40. The van der Waals surface area contributed by atoms with Crippen molar-refractivity contribution in [2.45, 2.75) is 39.7 Å². The zero-order chi connectivity index (χ0) is 10.9. The molecule has 3 heteroatoms. The number of rotatable bonds is 1. The van der Waals surface area contributed by atoms with Gasteiger partial charge in [0.2, 0.25) is 5.91 Å². The molecule has 1 aliphatic heterocycles. The van der Waals surface area contributed by atoms with E-state index in [1.807, 2.05) is 4.90 Å². The number of hydrogen-bond acceptors (Lipinski definition) is 2. The van der Waals surface area contributed by atoms with Gasteiger partial charge in [-0.15, -0.1) is 0 Å². The van der Waals surface area contributed by atoms with Gasteiger partial charge in [0, 0.05) is 13.1 Å². The zero-order valence-electron chi connectivity index (χ0n) is 9.71. The summed E-state index contributed by atoms with van der Waals surface area (Å²) >= 11 is 0. The third-order valence-electron chi connectivity index (χ3n) is 3.17. The lowest BCUT2D eigenvalue weighted by atomic mass is 9.88. The van der Waals surface area contributed by atoms with Gasteiger partial charge in [-0.1, -0.05) is 13.8 Å². The Morgan fingerprint density at radius 1 is 1.36 bits per heavy atom. The molecule has 0 aliphatic carbocycles. The highest BCUT2D eigenvalue weighted by Crippen LogP contribution is 2.23. The Kier molecular flexibility index (Phi) is 3.20. The zero-order valence-corrected chi connectivity index (χ0v) is 9.71. The minimum atomic E-state index is -0.722. The highest BCUT2D eigenvalue weighted by molar-refractivity contribution is 5.85. The van der Waals surface area contributed by atoms with E-state index in [1.165, 1.54) is 0 Å². The van der Waals surface area contributed by atoms with Crippen LogP contribution in [0, 0.1) is 11.8 Å². The van der Waals surface area contributed by atoms with Gasteiger partial charge in [-0.05, 0) is 32.1 Å². The molecule has 0 bridgehead atoms. The van der Waals surface area contributed by atoms with E-state index < -0.39 is 5.54 Å². The van der Waals surface area contributed by atoms with Crippen molar-refractivity contribution in [1.82, 2.24) is 4.90 Å². The van der Waals surface area contributed by atoms with Gasteiger partial charge in [0.15, 0.2) is 0 Å². The molecule has 0 aromatic carbocycles. The number of amides is 1. The smallest absolute Gasteiger partial charge is 0.242 e. The van der Waals surface area contributed by atoms with E-state index in [4.69, 9.17) is 5.73 Å². The summed E-state index contributed by atoms with van der Waals surface area (Å²) in [6.45, 7) is 9.73. The SMILES string of the molecule is CC1CCN(C(=O)C(C)(C)N)CC1C. The summed E-state index contributed by atoms with van der Waals surface area (Å²) in [5.41, 5.74) is 5.08.